The Hall–Kier alpha value is -2.40. The van der Waals surface area contributed by atoms with E-state index < -0.39 is 17.8 Å². The van der Waals surface area contributed by atoms with Gasteiger partial charge < -0.3 is 9.47 Å². The molecule has 1 heterocycles. The van der Waals surface area contributed by atoms with Crippen molar-refractivity contribution in [2.45, 2.75) is 20.8 Å². The van der Waals surface area contributed by atoms with Crippen molar-refractivity contribution in [1.29, 1.82) is 0 Å². The number of nitrogens with zero attached hydrogens (tertiary/aromatic N) is 1. The van der Waals surface area contributed by atoms with Gasteiger partial charge in [-0.1, -0.05) is 15.9 Å². The van der Waals surface area contributed by atoms with E-state index in [1.54, 1.807) is 30.3 Å². The fourth-order valence-corrected chi connectivity index (χ4v) is 4.07. The van der Waals surface area contributed by atoms with Gasteiger partial charge in [-0.25, -0.2) is 9.69 Å². The van der Waals surface area contributed by atoms with Crippen molar-refractivity contribution in [1.82, 2.24) is 5.32 Å². The zero-order valence-corrected chi connectivity index (χ0v) is 20.9. The first kappa shape index (κ1) is 23.3. The summed E-state index contributed by atoms with van der Waals surface area (Å²) in [6, 6.07) is 7.77. The van der Waals surface area contributed by atoms with Crippen molar-refractivity contribution in [2.24, 2.45) is 0 Å². The standard InChI is InChI=1S/C22H20BrIN2O5/c1-4-30-18-11-13(10-17(24)19(18)31-5-2)9-15-20(27)25-22(29)26(21(15)28)14-6-7-16(23)12(3)8-14/h6-11H,4-5H2,1-3H3,(H,25,27,29)/b15-9+. The molecule has 1 aliphatic rings. The maximum atomic E-state index is 13.1. The van der Waals surface area contributed by atoms with Crippen LogP contribution in [0.1, 0.15) is 25.0 Å². The van der Waals surface area contributed by atoms with E-state index in [0.717, 1.165) is 18.5 Å². The van der Waals surface area contributed by atoms with Gasteiger partial charge in [-0.3, -0.25) is 14.9 Å². The molecule has 1 aliphatic heterocycles. The molecule has 1 N–H and O–H groups in total. The number of ether oxygens (including phenoxy) is 2. The lowest BCUT2D eigenvalue weighted by Gasteiger charge is -2.26. The number of hydrogen-bond donors (Lipinski definition) is 1. The predicted octanol–water partition coefficient (Wildman–Crippen LogP) is 4.83. The van der Waals surface area contributed by atoms with E-state index in [1.807, 2.05) is 20.8 Å². The highest BCUT2D eigenvalue weighted by atomic mass is 127. The first-order valence-electron chi connectivity index (χ1n) is 9.53. The second-order valence-corrected chi connectivity index (χ2v) is 8.60. The van der Waals surface area contributed by atoms with E-state index in [-0.39, 0.29) is 5.57 Å². The third-order valence-electron chi connectivity index (χ3n) is 4.43. The molecule has 0 atom stereocenters. The summed E-state index contributed by atoms with van der Waals surface area (Å²) in [5.41, 5.74) is 1.65. The van der Waals surface area contributed by atoms with Gasteiger partial charge in [0.05, 0.1) is 22.5 Å². The first-order chi connectivity index (χ1) is 14.8. The summed E-state index contributed by atoms with van der Waals surface area (Å²) < 4.78 is 13.0. The molecule has 0 spiro atoms. The molecule has 3 rings (SSSR count). The fraction of sp³-hybridized carbons (Fsp3) is 0.227. The normalized spacial score (nSPS) is 15.3. The Kier molecular flexibility index (Phi) is 7.37. The SMILES string of the molecule is CCOc1cc(/C=C2\C(=O)NC(=O)N(c3ccc(Br)c(C)c3)C2=O)cc(I)c1OCC. The summed E-state index contributed by atoms with van der Waals surface area (Å²) in [5.74, 6) is -0.323. The Bertz CT molecular complexity index is 1100. The van der Waals surface area contributed by atoms with Gasteiger partial charge in [-0.05, 0) is 90.9 Å². The summed E-state index contributed by atoms with van der Waals surface area (Å²) in [7, 11) is 0. The number of nitrogens with one attached hydrogen (secondary N) is 1. The minimum Gasteiger partial charge on any atom is -0.490 e. The van der Waals surface area contributed by atoms with Gasteiger partial charge in [-0.15, -0.1) is 0 Å². The number of urea groups is 1. The van der Waals surface area contributed by atoms with E-state index in [4.69, 9.17) is 9.47 Å². The summed E-state index contributed by atoms with van der Waals surface area (Å²) >= 11 is 5.51. The Morgan fingerprint density at radius 1 is 1.10 bits per heavy atom. The zero-order chi connectivity index (χ0) is 22.7. The summed E-state index contributed by atoms with van der Waals surface area (Å²) in [6.07, 6.45) is 1.45. The van der Waals surface area contributed by atoms with Crippen LogP contribution in [0.3, 0.4) is 0 Å². The molecular formula is C22H20BrIN2O5. The molecule has 0 aliphatic carbocycles. The lowest BCUT2D eigenvalue weighted by molar-refractivity contribution is -0.122. The van der Waals surface area contributed by atoms with Crippen molar-refractivity contribution >= 4 is 68.1 Å². The second kappa shape index (κ2) is 9.82. The van der Waals surface area contributed by atoms with Gasteiger partial charge in [0.2, 0.25) is 0 Å². The van der Waals surface area contributed by atoms with E-state index in [1.165, 1.54) is 6.08 Å². The van der Waals surface area contributed by atoms with Crippen LogP contribution in [0.4, 0.5) is 10.5 Å². The zero-order valence-electron chi connectivity index (χ0n) is 17.1. The van der Waals surface area contributed by atoms with Crippen LogP contribution in [0.5, 0.6) is 11.5 Å². The number of halogens is 2. The van der Waals surface area contributed by atoms with E-state index >= 15 is 0 Å². The molecule has 2 aromatic carbocycles. The lowest BCUT2D eigenvalue weighted by Crippen LogP contribution is -2.54. The number of benzene rings is 2. The van der Waals surface area contributed by atoms with Crippen LogP contribution in [0.25, 0.3) is 6.08 Å². The number of amides is 4. The second-order valence-electron chi connectivity index (χ2n) is 6.59. The summed E-state index contributed by atoms with van der Waals surface area (Å²) in [4.78, 5) is 39.0. The molecule has 0 radical (unpaired) electrons. The molecule has 0 bridgehead atoms. The van der Waals surface area contributed by atoms with Crippen LogP contribution < -0.4 is 19.7 Å². The number of anilines is 1. The van der Waals surface area contributed by atoms with E-state index in [9.17, 15) is 14.4 Å². The number of aryl methyl sites for hydroxylation is 1. The third-order valence-corrected chi connectivity index (χ3v) is 6.12. The highest BCUT2D eigenvalue weighted by Crippen LogP contribution is 2.35. The third kappa shape index (κ3) is 4.93. The Labute approximate surface area is 202 Å². The van der Waals surface area contributed by atoms with Crippen LogP contribution in [-0.2, 0) is 9.59 Å². The number of rotatable bonds is 6. The van der Waals surface area contributed by atoms with Gasteiger partial charge in [0, 0.05) is 4.47 Å². The predicted molar refractivity (Wildman–Crippen MR) is 129 cm³/mol. The maximum absolute atomic E-state index is 13.1. The van der Waals surface area contributed by atoms with Crippen molar-refractivity contribution in [3.8, 4) is 11.5 Å². The van der Waals surface area contributed by atoms with Gasteiger partial charge in [0.15, 0.2) is 11.5 Å². The van der Waals surface area contributed by atoms with Gasteiger partial charge in [0.25, 0.3) is 11.8 Å². The molecule has 7 nitrogen and oxygen atoms in total. The molecule has 4 amide bonds. The number of carbonyl (C=O) groups is 3. The topological polar surface area (TPSA) is 84.9 Å². The molecule has 2 aromatic rings. The van der Waals surface area contributed by atoms with Crippen molar-refractivity contribution in [2.75, 3.05) is 18.1 Å². The number of carbonyl (C=O) groups excluding carboxylic acids is 3. The van der Waals surface area contributed by atoms with Gasteiger partial charge in [0.1, 0.15) is 5.57 Å². The van der Waals surface area contributed by atoms with Crippen LogP contribution in [0.2, 0.25) is 0 Å². The van der Waals surface area contributed by atoms with Gasteiger partial charge in [-0.2, -0.15) is 0 Å². The Morgan fingerprint density at radius 2 is 1.81 bits per heavy atom. The molecule has 31 heavy (non-hydrogen) atoms. The number of hydrogen-bond acceptors (Lipinski definition) is 5. The van der Waals surface area contributed by atoms with Crippen molar-refractivity contribution in [3.63, 3.8) is 0 Å². The van der Waals surface area contributed by atoms with E-state index in [2.05, 4.69) is 43.8 Å². The first-order valence-corrected chi connectivity index (χ1v) is 11.4. The molecule has 1 saturated heterocycles. The van der Waals surface area contributed by atoms with Crippen LogP contribution >= 0.6 is 38.5 Å². The van der Waals surface area contributed by atoms with Crippen LogP contribution in [0, 0.1) is 10.5 Å². The lowest BCUT2D eigenvalue weighted by atomic mass is 10.1. The van der Waals surface area contributed by atoms with Gasteiger partial charge >= 0.3 is 6.03 Å². The van der Waals surface area contributed by atoms with Crippen molar-refractivity contribution < 1.29 is 23.9 Å². The largest absolute Gasteiger partial charge is 0.490 e. The average Bonchev–Trinajstić information content (AvgIpc) is 2.70. The monoisotopic (exact) mass is 598 g/mol. The highest BCUT2D eigenvalue weighted by Gasteiger charge is 2.37. The molecule has 0 unspecified atom stereocenters. The quantitative estimate of drug-likeness (QED) is 0.293. The molecular weight excluding hydrogens is 579 g/mol. The summed E-state index contributed by atoms with van der Waals surface area (Å²) in [6.45, 7) is 6.48. The summed E-state index contributed by atoms with van der Waals surface area (Å²) in [5, 5.41) is 2.24. The maximum Gasteiger partial charge on any atom is 0.335 e. The minimum absolute atomic E-state index is 0.150. The molecule has 0 saturated carbocycles. The molecule has 0 aromatic heterocycles. The molecule has 162 valence electrons. The van der Waals surface area contributed by atoms with Crippen LogP contribution in [-0.4, -0.2) is 31.1 Å². The van der Waals surface area contributed by atoms with E-state index in [0.29, 0.717) is 36.0 Å². The van der Waals surface area contributed by atoms with Crippen LogP contribution in [0.15, 0.2) is 40.4 Å². The number of imide groups is 2. The fourth-order valence-electron chi connectivity index (χ4n) is 3.05. The van der Waals surface area contributed by atoms with Crippen molar-refractivity contribution in [3.05, 3.63) is 55.1 Å². The number of barbiturate groups is 1. The smallest absolute Gasteiger partial charge is 0.335 e. The highest BCUT2D eigenvalue weighted by molar-refractivity contribution is 14.1. The Balaban J connectivity index is 2.04. The molecule has 9 heteroatoms. The molecule has 1 fully saturated rings. The average molecular weight is 599 g/mol. The Morgan fingerprint density at radius 3 is 2.45 bits per heavy atom. The minimum atomic E-state index is -0.787.